The number of nitrogens with one attached hydrogen (secondary N) is 2. The lowest BCUT2D eigenvalue weighted by molar-refractivity contribution is -0.124. The van der Waals surface area contributed by atoms with Crippen LogP contribution in [0.5, 0.6) is 0 Å². The molecule has 1 aliphatic rings. The van der Waals surface area contributed by atoms with Gasteiger partial charge in [-0.15, -0.1) is 0 Å². The fraction of sp³-hybridized carbons (Fsp3) is 0.929. The molecule has 4 nitrogen and oxygen atoms in total. The molecule has 0 aromatic rings. The third-order valence-electron chi connectivity index (χ3n) is 3.77. The largest absolute Gasteiger partial charge is 0.350 e. The van der Waals surface area contributed by atoms with E-state index in [1.165, 1.54) is 0 Å². The molecule has 1 atom stereocenters. The molecular weight excluding hydrogens is 226 g/mol. The van der Waals surface area contributed by atoms with Gasteiger partial charge in [-0.25, -0.2) is 0 Å². The molecule has 1 fully saturated rings. The molecule has 2 N–H and O–H groups in total. The minimum Gasteiger partial charge on any atom is -0.350 e. The Hall–Kier alpha value is -0.610. The number of hydrogen-bond acceptors (Lipinski definition) is 3. The molecule has 1 unspecified atom stereocenters. The topological polar surface area (TPSA) is 44.4 Å². The minimum atomic E-state index is -0.0944. The highest BCUT2D eigenvalue weighted by Gasteiger charge is 2.25. The van der Waals surface area contributed by atoms with Gasteiger partial charge >= 0.3 is 0 Å². The highest BCUT2D eigenvalue weighted by atomic mass is 16.2. The summed E-state index contributed by atoms with van der Waals surface area (Å²) in [4.78, 5) is 14.4. The summed E-state index contributed by atoms with van der Waals surface area (Å²) in [5, 5.41) is 6.49. The first-order valence-corrected chi connectivity index (χ1v) is 7.24. The molecule has 106 valence electrons. The number of hydrogen-bond donors (Lipinski definition) is 2. The van der Waals surface area contributed by atoms with Gasteiger partial charge in [-0.2, -0.15) is 0 Å². The van der Waals surface area contributed by atoms with Crippen LogP contribution in [0.1, 0.15) is 47.0 Å². The zero-order chi connectivity index (χ0) is 13.6. The Morgan fingerprint density at radius 1 is 1.44 bits per heavy atom. The molecule has 1 heterocycles. The SMILES string of the molecule is CCCN(CC(=O)NC(C)(C)CC)C1CCNC1. The van der Waals surface area contributed by atoms with Gasteiger partial charge in [-0.05, 0) is 46.2 Å². The van der Waals surface area contributed by atoms with E-state index in [0.717, 1.165) is 38.9 Å². The molecule has 18 heavy (non-hydrogen) atoms. The van der Waals surface area contributed by atoms with Gasteiger partial charge < -0.3 is 10.6 Å². The van der Waals surface area contributed by atoms with Gasteiger partial charge in [0.1, 0.15) is 0 Å². The van der Waals surface area contributed by atoms with Crippen molar-refractivity contribution < 1.29 is 4.79 Å². The van der Waals surface area contributed by atoms with Crippen LogP contribution in [0.4, 0.5) is 0 Å². The first kappa shape index (κ1) is 15.4. The van der Waals surface area contributed by atoms with Crippen molar-refractivity contribution in [3.63, 3.8) is 0 Å². The van der Waals surface area contributed by atoms with Crippen LogP contribution in [0.25, 0.3) is 0 Å². The van der Waals surface area contributed by atoms with Gasteiger partial charge in [0, 0.05) is 18.1 Å². The lowest BCUT2D eigenvalue weighted by Crippen LogP contribution is -2.50. The molecule has 0 saturated carbocycles. The Kier molecular flexibility index (Phi) is 6.09. The summed E-state index contributed by atoms with van der Waals surface area (Å²) in [6.45, 7) is 12.1. The first-order chi connectivity index (χ1) is 8.48. The van der Waals surface area contributed by atoms with E-state index in [1.807, 2.05) is 0 Å². The third kappa shape index (κ3) is 4.94. The highest BCUT2D eigenvalue weighted by Crippen LogP contribution is 2.10. The lowest BCUT2D eigenvalue weighted by atomic mass is 10.0. The number of rotatable bonds is 7. The van der Waals surface area contributed by atoms with E-state index in [0.29, 0.717) is 12.6 Å². The molecule has 0 radical (unpaired) electrons. The second-order valence-electron chi connectivity index (χ2n) is 5.90. The normalized spacial score (nSPS) is 20.4. The van der Waals surface area contributed by atoms with E-state index in [1.54, 1.807) is 0 Å². The summed E-state index contributed by atoms with van der Waals surface area (Å²) in [5.41, 5.74) is -0.0944. The number of amides is 1. The van der Waals surface area contributed by atoms with E-state index in [9.17, 15) is 4.79 Å². The molecule has 4 heteroatoms. The molecule has 1 aliphatic heterocycles. The van der Waals surface area contributed by atoms with Crippen molar-refractivity contribution in [2.75, 3.05) is 26.2 Å². The Bertz CT molecular complexity index is 260. The van der Waals surface area contributed by atoms with Crippen LogP contribution in [0.2, 0.25) is 0 Å². The fourth-order valence-electron chi connectivity index (χ4n) is 2.32. The number of nitrogens with zero attached hydrogens (tertiary/aromatic N) is 1. The Morgan fingerprint density at radius 2 is 2.17 bits per heavy atom. The van der Waals surface area contributed by atoms with Gasteiger partial charge in [0.15, 0.2) is 0 Å². The second-order valence-corrected chi connectivity index (χ2v) is 5.90. The molecular formula is C14H29N3O. The lowest BCUT2D eigenvalue weighted by Gasteiger charge is -2.30. The summed E-state index contributed by atoms with van der Waals surface area (Å²) < 4.78 is 0. The maximum atomic E-state index is 12.1. The van der Waals surface area contributed by atoms with Crippen molar-refractivity contribution >= 4 is 5.91 Å². The maximum absolute atomic E-state index is 12.1. The third-order valence-corrected chi connectivity index (χ3v) is 3.77. The molecule has 1 saturated heterocycles. The van der Waals surface area contributed by atoms with E-state index in [2.05, 4.69) is 43.2 Å². The van der Waals surface area contributed by atoms with Crippen LogP contribution < -0.4 is 10.6 Å². The fourth-order valence-corrected chi connectivity index (χ4v) is 2.32. The van der Waals surface area contributed by atoms with Crippen molar-refractivity contribution in [2.45, 2.75) is 58.5 Å². The summed E-state index contributed by atoms with van der Waals surface area (Å²) in [6.07, 6.45) is 3.21. The number of carbonyl (C=O) groups is 1. The Labute approximate surface area is 111 Å². The van der Waals surface area contributed by atoms with E-state index < -0.39 is 0 Å². The summed E-state index contributed by atoms with van der Waals surface area (Å²) in [5.74, 6) is 0.155. The summed E-state index contributed by atoms with van der Waals surface area (Å²) >= 11 is 0. The average molecular weight is 255 g/mol. The van der Waals surface area contributed by atoms with Gasteiger partial charge in [-0.3, -0.25) is 9.69 Å². The summed E-state index contributed by atoms with van der Waals surface area (Å²) in [7, 11) is 0. The van der Waals surface area contributed by atoms with Gasteiger partial charge in [-0.1, -0.05) is 13.8 Å². The molecule has 0 aromatic heterocycles. The second kappa shape index (κ2) is 7.10. The van der Waals surface area contributed by atoms with Crippen LogP contribution in [0, 0.1) is 0 Å². The predicted octanol–water partition coefficient (Wildman–Crippen LogP) is 1.37. The molecule has 0 aromatic carbocycles. The Morgan fingerprint density at radius 3 is 2.67 bits per heavy atom. The van der Waals surface area contributed by atoms with Gasteiger partial charge in [0.2, 0.25) is 5.91 Å². The van der Waals surface area contributed by atoms with Gasteiger partial charge in [0.25, 0.3) is 0 Å². The zero-order valence-electron chi connectivity index (χ0n) is 12.4. The summed E-state index contributed by atoms with van der Waals surface area (Å²) in [6, 6.07) is 0.528. The minimum absolute atomic E-state index is 0.0944. The van der Waals surface area contributed by atoms with Crippen LogP contribution >= 0.6 is 0 Å². The van der Waals surface area contributed by atoms with Crippen molar-refractivity contribution in [1.29, 1.82) is 0 Å². The van der Waals surface area contributed by atoms with Crippen molar-refractivity contribution in [3.05, 3.63) is 0 Å². The molecule has 0 bridgehead atoms. The molecule has 1 amide bonds. The van der Waals surface area contributed by atoms with Crippen molar-refractivity contribution in [2.24, 2.45) is 0 Å². The molecule has 0 spiro atoms. The Balaban J connectivity index is 2.47. The standard InChI is InChI=1S/C14H29N3O/c1-5-9-17(12-7-8-15-10-12)11-13(18)16-14(3,4)6-2/h12,15H,5-11H2,1-4H3,(H,16,18). The predicted molar refractivity (Wildman–Crippen MR) is 75.7 cm³/mol. The van der Waals surface area contributed by atoms with E-state index in [4.69, 9.17) is 0 Å². The first-order valence-electron chi connectivity index (χ1n) is 7.24. The van der Waals surface area contributed by atoms with Crippen molar-refractivity contribution in [1.82, 2.24) is 15.5 Å². The van der Waals surface area contributed by atoms with Crippen LogP contribution in [-0.4, -0.2) is 48.6 Å². The van der Waals surface area contributed by atoms with Gasteiger partial charge in [0.05, 0.1) is 6.54 Å². The maximum Gasteiger partial charge on any atom is 0.234 e. The average Bonchev–Trinajstić information content (AvgIpc) is 2.81. The van der Waals surface area contributed by atoms with Crippen LogP contribution in [0.15, 0.2) is 0 Å². The van der Waals surface area contributed by atoms with E-state index in [-0.39, 0.29) is 11.4 Å². The monoisotopic (exact) mass is 255 g/mol. The number of carbonyl (C=O) groups excluding carboxylic acids is 1. The zero-order valence-corrected chi connectivity index (χ0v) is 12.4. The van der Waals surface area contributed by atoms with Crippen molar-refractivity contribution in [3.8, 4) is 0 Å². The van der Waals surface area contributed by atoms with Crippen LogP contribution in [-0.2, 0) is 4.79 Å². The quantitative estimate of drug-likeness (QED) is 0.722. The highest BCUT2D eigenvalue weighted by molar-refractivity contribution is 5.78. The van der Waals surface area contributed by atoms with E-state index >= 15 is 0 Å². The smallest absolute Gasteiger partial charge is 0.234 e. The molecule has 0 aliphatic carbocycles. The van der Waals surface area contributed by atoms with Crippen LogP contribution in [0.3, 0.4) is 0 Å². The molecule has 1 rings (SSSR count).